The van der Waals surface area contributed by atoms with Crippen molar-refractivity contribution in [1.82, 2.24) is 4.98 Å². The molecule has 0 saturated carbocycles. The average Bonchev–Trinajstić information content (AvgIpc) is 2.83. The van der Waals surface area contributed by atoms with Gasteiger partial charge in [-0.3, -0.25) is 9.78 Å². The highest BCUT2D eigenvalue weighted by Crippen LogP contribution is 2.38. The first-order valence-corrected chi connectivity index (χ1v) is 11.5. The fourth-order valence-corrected chi connectivity index (χ4v) is 3.78. The Hall–Kier alpha value is -3.47. The monoisotopic (exact) mass is 498 g/mol. The van der Waals surface area contributed by atoms with E-state index in [1.807, 2.05) is 13.8 Å². The molecule has 0 saturated heterocycles. The number of anilines is 3. The molecule has 2 N–H and O–H groups in total. The number of hydrogen-bond acceptors (Lipinski definition) is 6. The van der Waals surface area contributed by atoms with Gasteiger partial charge in [0.1, 0.15) is 17.6 Å². The maximum absolute atomic E-state index is 12.3. The van der Waals surface area contributed by atoms with Crippen LogP contribution in [0.15, 0.2) is 42.5 Å². The zero-order chi connectivity index (χ0) is 24.7. The predicted molar refractivity (Wildman–Crippen MR) is 137 cm³/mol. The van der Waals surface area contributed by atoms with Gasteiger partial charge in [0.15, 0.2) is 0 Å². The summed E-state index contributed by atoms with van der Waals surface area (Å²) in [6.07, 6.45) is 3.45. The van der Waals surface area contributed by atoms with Crippen LogP contribution in [0, 0.1) is 11.3 Å². The van der Waals surface area contributed by atoms with Crippen molar-refractivity contribution in [2.75, 3.05) is 30.2 Å². The van der Waals surface area contributed by atoms with E-state index in [1.54, 1.807) is 43.5 Å². The van der Waals surface area contributed by atoms with Crippen LogP contribution in [0.2, 0.25) is 5.02 Å². The van der Waals surface area contributed by atoms with Gasteiger partial charge in [-0.15, -0.1) is 11.6 Å². The number of aromatic nitrogens is 1. The van der Waals surface area contributed by atoms with E-state index >= 15 is 0 Å². The highest BCUT2D eigenvalue weighted by Gasteiger charge is 2.18. The number of halogens is 2. The van der Waals surface area contributed by atoms with Crippen molar-refractivity contribution >= 4 is 57.1 Å². The number of rotatable bonds is 9. The van der Waals surface area contributed by atoms with Crippen molar-refractivity contribution in [1.29, 1.82) is 5.26 Å². The lowest BCUT2D eigenvalue weighted by Gasteiger charge is -2.18. The topological polar surface area (TPSA) is 96.3 Å². The van der Waals surface area contributed by atoms with E-state index in [4.69, 9.17) is 37.7 Å². The minimum Gasteiger partial charge on any atom is -0.495 e. The van der Waals surface area contributed by atoms with Crippen LogP contribution in [0.3, 0.4) is 0 Å². The van der Waals surface area contributed by atoms with Crippen LogP contribution in [0.4, 0.5) is 17.1 Å². The number of aryl methyl sites for hydroxylation is 1. The van der Waals surface area contributed by atoms with E-state index in [0.717, 1.165) is 0 Å². The first-order chi connectivity index (χ1) is 16.4. The molecule has 176 valence electrons. The highest BCUT2D eigenvalue weighted by molar-refractivity contribution is 6.32. The van der Waals surface area contributed by atoms with Gasteiger partial charge in [-0.05, 0) is 37.6 Å². The number of alkyl halides is 1. The number of pyridine rings is 1. The quantitative estimate of drug-likeness (QED) is 0.269. The van der Waals surface area contributed by atoms with Gasteiger partial charge in [-0.2, -0.15) is 5.26 Å². The number of benzene rings is 2. The van der Waals surface area contributed by atoms with Crippen LogP contribution in [-0.4, -0.2) is 30.5 Å². The summed E-state index contributed by atoms with van der Waals surface area (Å²) in [5, 5.41) is 17.2. The van der Waals surface area contributed by atoms with Crippen LogP contribution in [-0.2, 0) is 11.2 Å². The Morgan fingerprint density at radius 2 is 2.03 bits per heavy atom. The molecule has 0 aliphatic heterocycles. The van der Waals surface area contributed by atoms with Gasteiger partial charge in [0.05, 0.1) is 46.9 Å². The Kier molecular flexibility index (Phi) is 8.58. The molecular weight excluding hydrogens is 475 g/mol. The van der Waals surface area contributed by atoms with Crippen molar-refractivity contribution in [2.24, 2.45) is 0 Å². The van der Waals surface area contributed by atoms with E-state index in [9.17, 15) is 10.1 Å². The summed E-state index contributed by atoms with van der Waals surface area (Å²) in [4.78, 5) is 17.0. The molecule has 0 atom stereocenters. The van der Waals surface area contributed by atoms with Crippen LogP contribution >= 0.6 is 23.2 Å². The average molecular weight is 499 g/mol. The Morgan fingerprint density at radius 3 is 2.65 bits per heavy atom. The molecule has 3 aromatic rings. The lowest BCUT2D eigenvalue weighted by Crippen LogP contribution is -2.10. The van der Waals surface area contributed by atoms with Gasteiger partial charge in [0, 0.05) is 29.1 Å². The van der Waals surface area contributed by atoms with Crippen LogP contribution in [0.5, 0.6) is 11.5 Å². The Balaban J connectivity index is 2.22. The first-order valence-electron chi connectivity index (χ1n) is 10.6. The summed E-state index contributed by atoms with van der Waals surface area (Å²) in [6, 6.07) is 11.0. The van der Waals surface area contributed by atoms with E-state index in [-0.39, 0.29) is 11.8 Å². The summed E-state index contributed by atoms with van der Waals surface area (Å²) in [6.45, 7) is 4.19. The molecule has 0 spiro atoms. The molecule has 3 rings (SSSR count). The lowest BCUT2D eigenvalue weighted by atomic mass is 10.0. The number of fused-ring (bicyclic) bond motifs is 1. The third-order valence-electron chi connectivity index (χ3n) is 4.95. The van der Waals surface area contributed by atoms with E-state index in [2.05, 4.69) is 16.7 Å². The first kappa shape index (κ1) is 25.2. The third kappa shape index (κ3) is 5.53. The van der Waals surface area contributed by atoms with Crippen molar-refractivity contribution in [3.05, 3.63) is 58.8 Å². The second-order valence-electron chi connectivity index (χ2n) is 7.09. The molecule has 1 amide bonds. The summed E-state index contributed by atoms with van der Waals surface area (Å²) < 4.78 is 11.0. The molecule has 1 heterocycles. The largest absolute Gasteiger partial charge is 0.495 e. The standard InChI is InChI=1S/C25H24Cl2N4O3/c1-4-19-17(14-28)25(29-15-8-9-22(33-3)18(27)11-15)16-12-21(31-24(32)7-6-10-26)23(34-5-2)13-20(16)30-19/h6-9,11-13H,4-5,10H2,1-3H3,(H,29,30)(H,31,32)/b7-6+. The maximum atomic E-state index is 12.3. The number of nitrogens with zero attached hydrogens (tertiary/aromatic N) is 2. The Labute approximate surface area is 208 Å². The normalized spacial score (nSPS) is 10.8. The van der Waals surface area contributed by atoms with E-state index in [1.165, 1.54) is 6.08 Å². The predicted octanol–water partition coefficient (Wildman–Crippen LogP) is 6.21. The van der Waals surface area contributed by atoms with Gasteiger partial charge in [-0.25, -0.2) is 0 Å². The van der Waals surface area contributed by atoms with E-state index in [0.29, 0.717) is 68.8 Å². The highest BCUT2D eigenvalue weighted by atomic mass is 35.5. The van der Waals surface area contributed by atoms with Crippen molar-refractivity contribution in [3.63, 3.8) is 0 Å². The number of carbonyl (C=O) groups is 1. The third-order valence-corrected chi connectivity index (χ3v) is 5.42. The molecule has 0 bridgehead atoms. The van der Waals surface area contributed by atoms with Crippen LogP contribution in [0.25, 0.3) is 10.9 Å². The minimum absolute atomic E-state index is 0.219. The minimum atomic E-state index is -0.351. The van der Waals surface area contributed by atoms with Gasteiger partial charge in [0.25, 0.3) is 0 Å². The number of nitriles is 1. The molecule has 9 heteroatoms. The molecule has 34 heavy (non-hydrogen) atoms. The summed E-state index contributed by atoms with van der Waals surface area (Å²) in [7, 11) is 1.54. The van der Waals surface area contributed by atoms with Crippen molar-refractivity contribution in [2.45, 2.75) is 20.3 Å². The number of carbonyl (C=O) groups excluding carboxylic acids is 1. The molecule has 0 aliphatic carbocycles. The number of nitrogens with one attached hydrogen (secondary N) is 2. The Bertz CT molecular complexity index is 1290. The molecule has 0 radical (unpaired) electrons. The summed E-state index contributed by atoms with van der Waals surface area (Å²) in [5.74, 6) is 0.881. The van der Waals surface area contributed by atoms with Crippen molar-refractivity contribution < 1.29 is 14.3 Å². The van der Waals surface area contributed by atoms with Gasteiger partial charge >= 0.3 is 0 Å². The lowest BCUT2D eigenvalue weighted by molar-refractivity contribution is -0.111. The number of methoxy groups -OCH3 is 1. The molecule has 0 fully saturated rings. The van der Waals surface area contributed by atoms with Gasteiger partial charge < -0.3 is 20.1 Å². The molecule has 7 nitrogen and oxygen atoms in total. The second kappa shape index (κ2) is 11.6. The zero-order valence-corrected chi connectivity index (χ0v) is 20.5. The van der Waals surface area contributed by atoms with Crippen LogP contribution in [0.1, 0.15) is 25.1 Å². The van der Waals surface area contributed by atoms with Crippen LogP contribution < -0.4 is 20.1 Å². The number of ether oxygens (including phenoxy) is 2. The molecule has 2 aromatic carbocycles. The van der Waals surface area contributed by atoms with Gasteiger partial charge in [-0.1, -0.05) is 24.6 Å². The molecule has 0 aliphatic rings. The smallest absolute Gasteiger partial charge is 0.248 e. The Morgan fingerprint density at radius 1 is 1.24 bits per heavy atom. The second-order valence-corrected chi connectivity index (χ2v) is 7.81. The number of allylic oxidation sites excluding steroid dienone is 1. The number of hydrogen-bond donors (Lipinski definition) is 2. The zero-order valence-electron chi connectivity index (χ0n) is 19.0. The summed E-state index contributed by atoms with van der Waals surface area (Å²) >= 11 is 11.9. The van der Waals surface area contributed by atoms with Crippen molar-refractivity contribution in [3.8, 4) is 17.6 Å². The van der Waals surface area contributed by atoms with Gasteiger partial charge in [0.2, 0.25) is 5.91 Å². The summed E-state index contributed by atoms with van der Waals surface area (Å²) in [5.41, 5.74) is 3.34. The maximum Gasteiger partial charge on any atom is 0.248 e. The fraction of sp³-hybridized carbons (Fsp3) is 0.240. The molecule has 1 aromatic heterocycles. The van der Waals surface area contributed by atoms with E-state index < -0.39 is 0 Å². The fourth-order valence-electron chi connectivity index (χ4n) is 3.44. The SMILES string of the molecule is CCOc1cc2nc(CC)c(C#N)c(Nc3ccc(OC)c(Cl)c3)c2cc1NC(=O)/C=C/CCl. The molecular formula is C25H24Cl2N4O3. The number of amides is 1. The molecule has 0 unspecified atom stereocenters.